The third kappa shape index (κ3) is 5.32. The second-order valence-electron chi connectivity index (χ2n) is 5.55. The number of H-pyrrole nitrogens is 1. The standard InChI is InChI=1S/C17H18ClN7O/c18-15-7-5-13(6-8-15)17(14-9-10-19-20-12-14)23-26-11-3-1-2-4-16-21-24-25-22-16/h5-10,12H,1-4,11H2,(H,21,22,24,25)/b23-17-. The summed E-state index contributed by atoms with van der Waals surface area (Å²) in [5.74, 6) is 0.735. The first-order valence-electron chi connectivity index (χ1n) is 8.28. The van der Waals surface area contributed by atoms with E-state index in [0.717, 1.165) is 42.6 Å². The Kier molecular flexibility index (Phi) is 6.60. The zero-order chi connectivity index (χ0) is 18.0. The van der Waals surface area contributed by atoms with Gasteiger partial charge >= 0.3 is 0 Å². The van der Waals surface area contributed by atoms with Gasteiger partial charge in [0.2, 0.25) is 0 Å². The van der Waals surface area contributed by atoms with Crippen molar-refractivity contribution in [1.29, 1.82) is 0 Å². The van der Waals surface area contributed by atoms with Crippen LogP contribution in [0, 0.1) is 0 Å². The summed E-state index contributed by atoms with van der Waals surface area (Å²) in [7, 11) is 0. The van der Waals surface area contributed by atoms with Gasteiger partial charge in [-0.15, -0.1) is 10.2 Å². The summed E-state index contributed by atoms with van der Waals surface area (Å²) in [6, 6.07) is 9.28. The third-order valence-corrected chi connectivity index (χ3v) is 3.91. The first-order chi connectivity index (χ1) is 12.8. The van der Waals surface area contributed by atoms with Crippen LogP contribution in [0.2, 0.25) is 5.02 Å². The second kappa shape index (κ2) is 9.57. The fourth-order valence-corrected chi connectivity index (χ4v) is 2.46. The van der Waals surface area contributed by atoms with Crippen LogP contribution in [0.5, 0.6) is 0 Å². The SMILES string of the molecule is Clc1ccc(/C(=N/OCCCCCc2nn[nH]n2)c2ccnnc2)cc1. The zero-order valence-electron chi connectivity index (χ0n) is 14.0. The van der Waals surface area contributed by atoms with Gasteiger partial charge in [0.15, 0.2) is 5.82 Å². The van der Waals surface area contributed by atoms with E-state index in [9.17, 15) is 0 Å². The Labute approximate surface area is 155 Å². The Morgan fingerprint density at radius 1 is 1.04 bits per heavy atom. The van der Waals surface area contributed by atoms with E-state index in [4.69, 9.17) is 16.4 Å². The number of halogens is 1. The Bertz CT molecular complexity index is 807. The van der Waals surface area contributed by atoms with E-state index in [1.807, 2.05) is 30.3 Å². The molecule has 26 heavy (non-hydrogen) atoms. The Morgan fingerprint density at radius 3 is 2.65 bits per heavy atom. The number of aromatic amines is 1. The smallest absolute Gasteiger partial charge is 0.174 e. The van der Waals surface area contributed by atoms with E-state index >= 15 is 0 Å². The lowest BCUT2D eigenvalue weighted by molar-refractivity contribution is 0.140. The maximum atomic E-state index is 5.97. The number of tetrazole rings is 1. The van der Waals surface area contributed by atoms with Crippen molar-refractivity contribution in [2.45, 2.75) is 25.7 Å². The third-order valence-electron chi connectivity index (χ3n) is 3.66. The molecule has 8 nitrogen and oxygen atoms in total. The van der Waals surface area contributed by atoms with Crippen LogP contribution in [0.15, 0.2) is 47.9 Å². The van der Waals surface area contributed by atoms with Gasteiger partial charge in [0.05, 0.1) is 12.4 Å². The molecule has 0 saturated carbocycles. The molecule has 0 spiro atoms. The molecule has 0 radical (unpaired) electrons. The minimum atomic E-state index is 0.530. The monoisotopic (exact) mass is 371 g/mol. The number of rotatable bonds is 9. The van der Waals surface area contributed by atoms with Crippen molar-refractivity contribution < 1.29 is 4.84 Å². The first kappa shape index (κ1) is 17.9. The normalized spacial score (nSPS) is 11.5. The number of nitrogens with one attached hydrogen (secondary N) is 1. The van der Waals surface area contributed by atoms with Gasteiger partial charge in [-0.2, -0.15) is 15.4 Å². The molecule has 0 aliphatic heterocycles. The summed E-state index contributed by atoms with van der Waals surface area (Å²) in [6.45, 7) is 0.530. The van der Waals surface area contributed by atoms with Crippen LogP contribution in [-0.2, 0) is 11.3 Å². The van der Waals surface area contributed by atoms with Crippen molar-refractivity contribution in [3.05, 3.63) is 64.7 Å². The molecule has 0 saturated heterocycles. The van der Waals surface area contributed by atoms with Crippen LogP contribution in [0.4, 0.5) is 0 Å². The van der Waals surface area contributed by atoms with Crippen LogP contribution >= 0.6 is 11.6 Å². The number of oxime groups is 1. The van der Waals surface area contributed by atoms with Gasteiger partial charge in [0, 0.05) is 22.6 Å². The predicted octanol–water partition coefficient (Wildman–Crippen LogP) is 2.83. The highest BCUT2D eigenvalue weighted by molar-refractivity contribution is 6.30. The molecule has 0 amide bonds. The predicted molar refractivity (Wildman–Crippen MR) is 96.8 cm³/mol. The van der Waals surface area contributed by atoms with Crippen LogP contribution in [-0.4, -0.2) is 43.1 Å². The molecule has 0 bridgehead atoms. The van der Waals surface area contributed by atoms with Gasteiger partial charge in [-0.25, -0.2) is 0 Å². The topological polar surface area (TPSA) is 102 Å². The van der Waals surface area contributed by atoms with Crippen LogP contribution in [0.1, 0.15) is 36.2 Å². The van der Waals surface area contributed by atoms with E-state index in [-0.39, 0.29) is 0 Å². The summed E-state index contributed by atoms with van der Waals surface area (Å²) in [4.78, 5) is 5.53. The molecule has 1 aromatic carbocycles. The number of nitrogens with zero attached hydrogens (tertiary/aromatic N) is 6. The average molecular weight is 372 g/mol. The van der Waals surface area contributed by atoms with Gasteiger partial charge in [0.1, 0.15) is 12.3 Å². The number of aryl methyl sites for hydroxylation is 1. The molecule has 3 aromatic rings. The van der Waals surface area contributed by atoms with Crippen LogP contribution in [0.25, 0.3) is 0 Å². The van der Waals surface area contributed by atoms with Gasteiger partial charge in [-0.3, -0.25) is 0 Å². The quantitative estimate of drug-likeness (QED) is 0.352. The summed E-state index contributed by atoms with van der Waals surface area (Å²) in [5, 5.41) is 26.5. The summed E-state index contributed by atoms with van der Waals surface area (Å²) < 4.78 is 0. The maximum Gasteiger partial charge on any atom is 0.174 e. The molecule has 3 rings (SSSR count). The Hall–Kier alpha value is -2.87. The molecule has 1 N–H and O–H groups in total. The minimum Gasteiger partial charge on any atom is -0.395 e. The van der Waals surface area contributed by atoms with Crippen LogP contribution < -0.4 is 0 Å². The molecule has 0 fully saturated rings. The van der Waals surface area contributed by atoms with Gasteiger partial charge in [-0.05, 0) is 37.5 Å². The molecule has 0 aliphatic rings. The van der Waals surface area contributed by atoms with E-state index in [2.05, 4.69) is 36.0 Å². The molecule has 9 heteroatoms. The number of benzene rings is 1. The van der Waals surface area contributed by atoms with Crippen molar-refractivity contribution in [3.63, 3.8) is 0 Å². The molecular formula is C17H18ClN7O. The van der Waals surface area contributed by atoms with Gasteiger partial charge in [0.25, 0.3) is 0 Å². The highest BCUT2D eigenvalue weighted by Gasteiger charge is 2.08. The number of hydrogen-bond donors (Lipinski definition) is 1. The Balaban J connectivity index is 1.54. The molecular weight excluding hydrogens is 354 g/mol. The first-order valence-corrected chi connectivity index (χ1v) is 8.66. The fraction of sp³-hybridized carbons (Fsp3) is 0.294. The molecule has 134 valence electrons. The van der Waals surface area contributed by atoms with E-state index < -0.39 is 0 Å². The van der Waals surface area contributed by atoms with Crippen molar-refractivity contribution in [2.75, 3.05) is 6.61 Å². The molecule has 0 aliphatic carbocycles. The van der Waals surface area contributed by atoms with Crippen molar-refractivity contribution >= 4 is 17.3 Å². The zero-order valence-corrected chi connectivity index (χ0v) is 14.8. The second-order valence-corrected chi connectivity index (χ2v) is 5.99. The van der Waals surface area contributed by atoms with E-state index in [1.165, 1.54) is 0 Å². The van der Waals surface area contributed by atoms with E-state index in [0.29, 0.717) is 17.3 Å². The van der Waals surface area contributed by atoms with Crippen molar-refractivity contribution in [3.8, 4) is 0 Å². The van der Waals surface area contributed by atoms with Crippen molar-refractivity contribution in [2.24, 2.45) is 5.16 Å². The van der Waals surface area contributed by atoms with Crippen LogP contribution in [0.3, 0.4) is 0 Å². The number of unbranched alkanes of at least 4 members (excludes halogenated alkanes) is 2. The minimum absolute atomic E-state index is 0.530. The largest absolute Gasteiger partial charge is 0.395 e. The van der Waals surface area contributed by atoms with E-state index in [1.54, 1.807) is 12.4 Å². The molecule has 2 heterocycles. The average Bonchev–Trinajstić information content (AvgIpc) is 3.19. The van der Waals surface area contributed by atoms with Gasteiger partial charge in [-0.1, -0.05) is 34.1 Å². The lowest BCUT2D eigenvalue weighted by atomic mass is 10.1. The summed E-state index contributed by atoms with van der Waals surface area (Å²) in [5.41, 5.74) is 2.43. The van der Waals surface area contributed by atoms with Gasteiger partial charge < -0.3 is 4.84 Å². The lowest BCUT2D eigenvalue weighted by Crippen LogP contribution is -2.06. The lowest BCUT2D eigenvalue weighted by Gasteiger charge is -2.07. The number of hydrogen-bond acceptors (Lipinski definition) is 7. The maximum absolute atomic E-state index is 5.97. The summed E-state index contributed by atoms with van der Waals surface area (Å²) in [6.07, 6.45) is 6.95. The highest BCUT2D eigenvalue weighted by atomic mass is 35.5. The molecule has 0 unspecified atom stereocenters. The molecule has 0 atom stereocenters. The summed E-state index contributed by atoms with van der Waals surface area (Å²) >= 11 is 5.97. The fourth-order valence-electron chi connectivity index (χ4n) is 2.34. The Morgan fingerprint density at radius 2 is 1.92 bits per heavy atom. The molecule has 2 aromatic heterocycles. The van der Waals surface area contributed by atoms with Crippen molar-refractivity contribution in [1.82, 2.24) is 30.8 Å². The highest BCUT2D eigenvalue weighted by Crippen LogP contribution is 2.14. The number of aromatic nitrogens is 6.